The zero-order chi connectivity index (χ0) is 4.12. The molecule has 1 N–H and O–H groups in total. The predicted octanol–water partition coefficient (Wildman–Crippen LogP) is 1.18. The molecule has 6 heavy (non-hydrogen) atoms. The minimum absolute atomic E-state index is 0. The Hall–Kier alpha value is 0.420. The average molecular weight is 127 g/mol. The summed E-state index contributed by atoms with van der Waals surface area (Å²) in [5.74, 6) is 0. The normalized spacial score (nSPS) is 8.17. The van der Waals surface area contributed by atoms with Crippen molar-refractivity contribution in [1.29, 1.82) is 0 Å². The lowest BCUT2D eigenvalue weighted by molar-refractivity contribution is 0.648. The molecular formula is C3H8ClOP. The van der Waals surface area contributed by atoms with Crippen LogP contribution in [0.4, 0.5) is 0 Å². The van der Waals surface area contributed by atoms with E-state index in [9.17, 15) is 0 Å². The first-order valence-electron chi connectivity index (χ1n) is 1.39. The van der Waals surface area contributed by atoms with Gasteiger partial charge in [0.15, 0.2) is 0 Å². The summed E-state index contributed by atoms with van der Waals surface area (Å²) in [6.07, 6.45) is 2.43. The van der Waals surface area contributed by atoms with Gasteiger partial charge in [-0.15, -0.1) is 19.0 Å². The Bertz CT molecular complexity index is 32.0. The summed E-state index contributed by atoms with van der Waals surface area (Å²) in [7, 11) is 0.0397. The van der Waals surface area contributed by atoms with Gasteiger partial charge in [-0.3, -0.25) is 0 Å². The van der Waals surface area contributed by atoms with E-state index < -0.39 is 0 Å². The van der Waals surface area contributed by atoms with E-state index >= 15 is 0 Å². The summed E-state index contributed by atoms with van der Waals surface area (Å²) in [6.45, 7) is 3.40. The van der Waals surface area contributed by atoms with Crippen LogP contribution in [0.25, 0.3) is 0 Å². The molecule has 0 spiro atoms. The second-order valence-electron chi connectivity index (χ2n) is 0.651. The molecule has 38 valence electrons. The van der Waals surface area contributed by atoms with Crippen LogP contribution >= 0.6 is 21.2 Å². The summed E-state index contributed by atoms with van der Waals surface area (Å²) < 4.78 is 0. The first-order chi connectivity index (χ1) is 2.41. The van der Waals surface area contributed by atoms with Crippen LogP contribution in [0.1, 0.15) is 0 Å². The molecular weight excluding hydrogens is 118 g/mol. The smallest absolute Gasteiger partial charge is 0.0145 e. The molecule has 0 aromatic heterocycles. The van der Waals surface area contributed by atoms with Crippen LogP contribution in [-0.4, -0.2) is 11.1 Å². The van der Waals surface area contributed by atoms with Gasteiger partial charge in [0.25, 0.3) is 0 Å². The van der Waals surface area contributed by atoms with E-state index in [-0.39, 0.29) is 21.2 Å². The Kier molecular flexibility index (Phi) is 14.6. The van der Waals surface area contributed by atoms with Gasteiger partial charge in [-0.05, 0) is 0 Å². The van der Waals surface area contributed by atoms with Crippen molar-refractivity contribution in [3.8, 4) is 0 Å². The maximum absolute atomic E-state index is 8.02. The minimum Gasteiger partial charge on any atom is -0.377 e. The average Bonchev–Trinajstić information content (AvgIpc) is 1.41. The number of allylic oxidation sites excluding steroid dienone is 1. The second kappa shape index (κ2) is 9.05. The fourth-order valence-electron chi connectivity index (χ4n) is 0.0645. The van der Waals surface area contributed by atoms with Crippen molar-refractivity contribution in [3.05, 3.63) is 12.7 Å². The van der Waals surface area contributed by atoms with Crippen LogP contribution in [0.2, 0.25) is 0 Å². The van der Waals surface area contributed by atoms with Crippen molar-refractivity contribution in [1.82, 2.24) is 0 Å². The third kappa shape index (κ3) is 8.83. The molecule has 0 bridgehead atoms. The first-order valence-corrected chi connectivity index (χ1v) is 2.55. The maximum atomic E-state index is 8.02. The largest absolute Gasteiger partial charge is 0.377 e. The highest BCUT2D eigenvalue weighted by atomic mass is 35.5. The van der Waals surface area contributed by atoms with Gasteiger partial charge in [-0.25, -0.2) is 0 Å². The Morgan fingerprint density at radius 3 is 2.33 bits per heavy atom. The number of hydrogen-bond acceptors (Lipinski definition) is 1. The molecule has 0 amide bonds. The molecule has 0 aliphatic carbocycles. The van der Waals surface area contributed by atoms with E-state index in [0.717, 1.165) is 6.16 Å². The second-order valence-corrected chi connectivity index (χ2v) is 1.38. The highest BCUT2D eigenvalue weighted by Crippen LogP contribution is 1.97. The molecule has 0 aliphatic heterocycles. The van der Waals surface area contributed by atoms with E-state index in [0.29, 0.717) is 0 Å². The summed E-state index contributed by atoms with van der Waals surface area (Å²) in [5.41, 5.74) is 0. The molecule has 0 aromatic carbocycles. The Morgan fingerprint density at radius 2 is 2.33 bits per heavy atom. The van der Waals surface area contributed by atoms with Crippen molar-refractivity contribution in [2.75, 3.05) is 6.16 Å². The molecule has 0 rings (SSSR count). The predicted molar refractivity (Wildman–Crippen MR) is 32.8 cm³/mol. The Balaban J connectivity index is 0. The van der Waals surface area contributed by atoms with E-state index in [1.54, 1.807) is 6.08 Å². The molecule has 0 saturated carbocycles. The summed E-state index contributed by atoms with van der Waals surface area (Å²) in [4.78, 5) is 8.02. The lowest BCUT2D eigenvalue weighted by Gasteiger charge is -1.73. The van der Waals surface area contributed by atoms with Crippen LogP contribution < -0.4 is 0 Å². The van der Waals surface area contributed by atoms with Crippen molar-refractivity contribution < 1.29 is 4.89 Å². The molecule has 0 aromatic rings. The maximum Gasteiger partial charge on any atom is 0.0145 e. The quantitative estimate of drug-likeness (QED) is 0.435. The highest BCUT2D eigenvalue weighted by Gasteiger charge is 1.62. The monoisotopic (exact) mass is 126 g/mol. The van der Waals surface area contributed by atoms with Crippen LogP contribution in [0.3, 0.4) is 0 Å². The molecule has 1 unspecified atom stereocenters. The Labute approximate surface area is 45.7 Å². The van der Waals surface area contributed by atoms with Crippen LogP contribution in [0.15, 0.2) is 12.7 Å². The fraction of sp³-hybridized carbons (Fsp3) is 0.333. The van der Waals surface area contributed by atoms with E-state index in [1.807, 2.05) is 0 Å². The lowest BCUT2D eigenvalue weighted by Crippen LogP contribution is -1.54. The summed E-state index contributed by atoms with van der Waals surface area (Å²) >= 11 is 0. The summed E-state index contributed by atoms with van der Waals surface area (Å²) in [6, 6.07) is 0. The zero-order valence-corrected chi connectivity index (χ0v) is 5.16. The summed E-state index contributed by atoms with van der Waals surface area (Å²) in [5, 5.41) is 0. The van der Waals surface area contributed by atoms with Gasteiger partial charge in [0.05, 0.1) is 0 Å². The number of rotatable bonds is 2. The molecule has 1 nitrogen and oxygen atoms in total. The molecule has 0 radical (unpaired) electrons. The van der Waals surface area contributed by atoms with Crippen molar-refractivity contribution in [2.24, 2.45) is 0 Å². The number of halogens is 1. The van der Waals surface area contributed by atoms with Gasteiger partial charge in [0.2, 0.25) is 0 Å². The third-order valence-corrected chi connectivity index (χ3v) is 0.707. The molecule has 0 heterocycles. The molecule has 0 fully saturated rings. The van der Waals surface area contributed by atoms with E-state index in [4.69, 9.17) is 4.89 Å². The SMILES string of the molecule is C=CCPO.Cl. The lowest BCUT2D eigenvalue weighted by atomic mass is 10.8. The third-order valence-electron chi connectivity index (χ3n) is 0.236. The molecule has 3 heteroatoms. The molecule has 1 atom stereocenters. The first kappa shape index (κ1) is 9.65. The van der Waals surface area contributed by atoms with E-state index in [1.165, 1.54) is 0 Å². The topological polar surface area (TPSA) is 20.2 Å². The van der Waals surface area contributed by atoms with E-state index in [2.05, 4.69) is 6.58 Å². The van der Waals surface area contributed by atoms with Gasteiger partial charge in [0, 0.05) is 15.0 Å². The minimum atomic E-state index is 0. The van der Waals surface area contributed by atoms with Gasteiger partial charge in [-0.1, -0.05) is 6.08 Å². The van der Waals surface area contributed by atoms with Gasteiger partial charge in [-0.2, -0.15) is 0 Å². The Morgan fingerprint density at radius 1 is 1.83 bits per heavy atom. The number of hydrogen-bond donors (Lipinski definition) is 1. The van der Waals surface area contributed by atoms with Gasteiger partial charge >= 0.3 is 0 Å². The fourth-order valence-corrected chi connectivity index (χ4v) is 0.194. The van der Waals surface area contributed by atoms with Crippen molar-refractivity contribution >= 4 is 21.2 Å². The van der Waals surface area contributed by atoms with Crippen LogP contribution in [-0.2, 0) is 0 Å². The van der Waals surface area contributed by atoms with Crippen molar-refractivity contribution in [3.63, 3.8) is 0 Å². The van der Waals surface area contributed by atoms with Gasteiger partial charge < -0.3 is 4.89 Å². The highest BCUT2D eigenvalue weighted by molar-refractivity contribution is 7.31. The molecule has 0 aliphatic rings. The zero-order valence-electron chi connectivity index (χ0n) is 3.35. The molecule has 0 saturated heterocycles. The van der Waals surface area contributed by atoms with Gasteiger partial charge in [0.1, 0.15) is 0 Å². The standard InChI is InChI=1S/C3H7OP.ClH/c1-2-3-5-4;/h2,4-5H,1,3H2;1H. The van der Waals surface area contributed by atoms with Crippen LogP contribution in [0.5, 0.6) is 0 Å². The van der Waals surface area contributed by atoms with Crippen molar-refractivity contribution in [2.45, 2.75) is 0 Å². The van der Waals surface area contributed by atoms with Crippen LogP contribution in [0, 0.1) is 0 Å².